The third-order valence-electron chi connectivity index (χ3n) is 2.14. The van der Waals surface area contributed by atoms with Crippen LogP contribution in [0.3, 0.4) is 0 Å². The number of aromatic nitrogens is 4. The van der Waals surface area contributed by atoms with Crippen LogP contribution in [-0.4, -0.2) is 15.2 Å². The van der Waals surface area contributed by atoms with E-state index in [0.717, 1.165) is 16.4 Å². The van der Waals surface area contributed by atoms with Gasteiger partial charge in [0.25, 0.3) is 5.82 Å². The van der Waals surface area contributed by atoms with Gasteiger partial charge in [-0.3, -0.25) is 0 Å². The van der Waals surface area contributed by atoms with Crippen molar-refractivity contribution in [1.82, 2.24) is 15.2 Å². The van der Waals surface area contributed by atoms with Crippen LogP contribution in [0, 0.1) is 11.7 Å². The van der Waals surface area contributed by atoms with E-state index in [1.807, 2.05) is 11.5 Å². The molecule has 0 aromatic carbocycles. The molecule has 2 aromatic rings. The predicted molar refractivity (Wildman–Crippen MR) is 66.6 cm³/mol. The Bertz CT molecular complexity index is 577. The molecular formula is C9H12N5S2+. The molecule has 2 aromatic heterocycles. The third-order valence-corrected chi connectivity index (χ3v) is 3.46. The Labute approximate surface area is 102 Å². The largest absolute Gasteiger partial charge is 0.375 e. The van der Waals surface area contributed by atoms with Gasteiger partial charge >= 0.3 is 4.77 Å². The standard InChI is InChI=1S/C9H11N5S2/c1-3-4-14-7(12-13-9(14)15)6-5(2)11-8(10)16-6/h3H,1,4H2,2H3,(H3,10,11,12,13,15)/p+1. The maximum Gasteiger partial charge on any atom is 0.323 e. The van der Waals surface area contributed by atoms with Gasteiger partial charge in [-0.15, -0.1) is 0 Å². The van der Waals surface area contributed by atoms with Crippen LogP contribution in [0.5, 0.6) is 0 Å². The lowest BCUT2D eigenvalue weighted by atomic mass is 10.4. The lowest BCUT2D eigenvalue weighted by molar-refractivity contribution is -0.682. The minimum Gasteiger partial charge on any atom is -0.375 e. The van der Waals surface area contributed by atoms with Crippen molar-refractivity contribution in [3.05, 3.63) is 23.1 Å². The summed E-state index contributed by atoms with van der Waals surface area (Å²) in [6.07, 6.45) is 1.79. The zero-order chi connectivity index (χ0) is 11.7. The molecule has 5 nitrogen and oxygen atoms in total. The molecule has 0 aliphatic rings. The summed E-state index contributed by atoms with van der Waals surface area (Å²) in [4.78, 5) is 5.18. The van der Waals surface area contributed by atoms with Crippen LogP contribution in [0.25, 0.3) is 10.7 Å². The predicted octanol–water partition coefficient (Wildman–Crippen LogP) is 1.56. The Morgan fingerprint density at radius 3 is 2.94 bits per heavy atom. The van der Waals surface area contributed by atoms with Crippen molar-refractivity contribution in [3.63, 3.8) is 0 Å². The molecule has 0 saturated heterocycles. The van der Waals surface area contributed by atoms with E-state index in [4.69, 9.17) is 18.0 Å². The van der Waals surface area contributed by atoms with Crippen LogP contribution in [0.1, 0.15) is 5.69 Å². The monoisotopic (exact) mass is 254 g/mol. The fraction of sp³-hybridized carbons (Fsp3) is 0.222. The van der Waals surface area contributed by atoms with Gasteiger partial charge in [-0.2, -0.15) is 10.2 Å². The molecule has 0 aliphatic carbocycles. The summed E-state index contributed by atoms with van der Waals surface area (Å²) in [6.45, 7) is 6.27. The summed E-state index contributed by atoms with van der Waals surface area (Å²) in [6, 6.07) is 0. The van der Waals surface area contributed by atoms with E-state index in [1.165, 1.54) is 11.3 Å². The quantitative estimate of drug-likeness (QED) is 0.442. The highest BCUT2D eigenvalue weighted by atomic mass is 32.1. The molecule has 4 N–H and O–H groups in total. The van der Waals surface area contributed by atoms with Crippen LogP contribution >= 0.6 is 23.6 Å². The number of allylic oxidation sites excluding steroid dienone is 1. The van der Waals surface area contributed by atoms with Gasteiger partial charge < -0.3 is 5.73 Å². The van der Waals surface area contributed by atoms with Gasteiger partial charge in [0, 0.05) is 0 Å². The average Bonchev–Trinajstić information content (AvgIpc) is 2.73. The first-order valence-corrected chi connectivity index (χ1v) is 5.90. The molecule has 2 rings (SSSR count). The van der Waals surface area contributed by atoms with Crippen molar-refractivity contribution in [2.24, 2.45) is 0 Å². The number of aryl methyl sites for hydroxylation is 1. The number of hydrogen-bond donors (Lipinski definition) is 3. The molecule has 0 amide bonds. The van der Waals surface area contributed by atoms with E-state index >= 15 is 0 Å². The second-order valence-corrected chi connectivity index (χ2v) is 4.69. The number of nitrogens with two attached hydrogens (primary N) is 1. The Morgan fingerprint density at radius 2 is 2.38 bits per heavy atom. The van der Waals surface area contributed by atoms with Crippen LogP contribution in [0.4, 0.5) is 5.13 Å². The van der Waals surface area contributed by atoms with Crippen LogP contribution < -0.4 is 10.3 Å². The summed E-state index contributed by atoms with van der Waals surface area (Å²) in [5.74, 6) is 0.886. The molecule has 84 valence electrons. The SMILES string of the molecule is C=CC[n+]1c(-c2sc(N)nc2C)[nH][nH]c1=S. The Morgan fingerprint density at radius 1 is 1.62 bits per heavy atom. The number of nitrogens with one attached hydrogen (secondary N) is 2. The second-order valence-electron chi connectivity index (χ2n) is 3.27. The van der Waals surface area contributed by atoms with Gasteiger partial charge in [-0.1, -0.05) is 24.0 Å². The number of anilines is 1. The van der Waals surface area contributed by atoms with Crippen molar-refractivity contribution in [2.45, 2.75) is 13.5 Å². The summed E-state index contributed by atoms with van der Waals surface area (Å²) in [5, 5.41) is 6.48. The molecule has 0 unspecified atom stereocenters. The van der Waals surface area contributed by atoms with Crippen LogP contribution in [0.15, 0.2) is 12.7 Å². The minimum absolute atomic E-state index is 0.554. The first-order chi connectivity index (χ1) is 7.63. The third kappa shape index (κ3) is 1.79. The number of hydrogen-bond acceptors (Lipinski definition) is 4. The summed E-state index contributed by atoms with van der Waals surface area (Å²) in [5.41, 5.74) is 6.57. The molecule has 2 heterocycles. The van der Waals surface area contributed by atoms with E-state index in [2.05, 4.69) is 21.8 Å². The Hall–Kier alpha value is -1.47. The summed E-state index contributed by atoms with van der Waals surface area (Å²) >= 11 is 6.60. The molecule has 7 heteroatoms. The zero-order valence-corrected chi connectivity index (χ0v) is 10.4. The number of thiazole rings is 1. The topological polar surface area (TPSA) is 74.4 Å². The molecule has 0 bridgehead atoms. The summed E-state index contributed by atoms with van der Waals surface area (Å²) < 4.78 is 2.55. The fourth-order valence-corrected chi connectivity index (χ4v) is 2.53. The number of aromatic amines is 2. The lowest BCUT2D eigenvalue weighted by Gasteiger charge is -1.95. The van der Waals surface area contributed by atoms with E-state index < -0.39 is 0 Å². The lowest BCUT2D eigenvalue weighted by Crippen LogP contribution is -2.34. The highest BCUT2D eigenvalue weighted by Crippen LogP contribution is 2.27. The molecule has 0 spiro atoms. The molecule has 0 radical (unpaired) electrons. The molecule has 0 saturated carbocycles. The van der Waals surface area contributed by atoms with Gasteiger partial charge in [-0.25, -0.2) is 9.55 Å². The second kappa shape index (κ2) is 4.18. The van der Waals surface area contributed by atoms with E-state index in [0.29, 0.717) is 16.4 Å². The average molecular weight is 254 g/mol. The molecule has 0 aliphatic heterocycles. The van der Waals surface area contributed by atoms with Crippen molar-refractivity contribution < 1.29 is 4.57 Å². The van der Waals surface area contributed by atoms with Crippen molar-refractivity contribution >= 4 is 28.7 Å². The molecule has 0 fully saturated rings. The number of rotatable bonds is 3. The smallest absolute Gasteiger partial charge is 0.323 e. The van der Waals surface area contributed by atoms with Gasteiger partial charge in [0.2, 0.25) is 0 Å². The van der Waals surface area contributed by atoms with Gasteiger partial charge in [0.1, 0.15) is 4.88 Å². The van der Waals surface area contributed by atoms with Crippen LogP contribution in [-0.2, 0) is 6.54 Å². The molecular weight excluding hydrogens is 242 g/mol. The van der Waals surface area contributed by atoms with Crippen molar-refractivity contribution in [1.29, 1.82) is 0 Å². The number of H-pyrrole nitrogens is 2. The maximum atomic E-state index is 5.68. The van der Waals surface area contributed by atoms with E-state index in [9.17, 15) is 0 Å². The highest BCUT2D eigenvalue weighted by Gasteiger charge is 2.19. The first kappa shape index (κ1) is 11.0. The molecule has 16 heavy (non-hydrogen) atoms. The number of nitrogens with zero attached hydrogens (tertiary/aromatic N) is 2. The first-order valence-electron chi connectivity index (χ1n) is 4.68. The van der Waals surface area contributed by atoms with Crippen LogP contribution in [0.2, 0.25) is 0 Å². The zero-order valence-electron chi connectivity index (χ0n) is 8.78. The summed E-state index contributed by atoms with van der Waals surface area (Å²) in [7, 11) is 0. The minimum atomic E-state index is 0.554. The van der Waals surface area contributed by atoms with Gasteiger partial charge in [-0.05, 0) is 19.1 Å². The fourth-order valence-electron chi connectivity index (χ4n) is 1.47. The number of nitrogen functional groups attached to an aromatic ring is 1. The Balaban J connectivity index is 2.59. The van der Waals surface area contributed by atoms with Crippen molar-refractivity contribution in [2.75, 3.05) is 5.73 Å². The Kier molecular flexibility index (Phi) is 2.88. The molecule has 0 atom stereocenters. The van der Waals surface area contributed by atoms with E-state index in [-0.39, 0.29) is 0 Å². The highest BCUT2D eigenvalue weighted by molar-refractivity contribution is 7.71. The van der Waals surface area contributed by atoms with E-state index in [1.54, 1.807) is 6.08 Å². The normalized spacial score (nSPS) is 10.6. The van der Waals surface area contributed by atoms with Gasteiger partial charge in [0.15, 0.2) is 5.13 Å². The van der Waals surface area contributed by atoms with Crippen molar-refractivity contribution in [3.8, 4) is 10.7 Å². The maximum absolute atomic E-state index is 5.68. The van der Waals surface area contributed by atoms with Gasteiger partial charge in [0.05, 0.1) is 12.2 Å².